The minimum Gasteiger partial charge on any atom is -0.352 e. The van der Waals surface area contributed by atoms with E-state index >= 15 is 0 Å². The Balaban J connectivity index is 1.77. The molecule has 0 radical (unpaired) electrons. The Morgan fingerprint density at radius 2 is 1.49 bits per heavy atom. The van der Waals surface area contributed by atoms with Crippen molar-refractivity contribution in [1.29, 1.82) is 0 Å². The fourth-order valence-electron chi connectivity index (χ4n) is 5.60. The van der Waals surface area contributed by atoms with Gasteiger partial charge < -0.3 is 10.2 Å². The highest BCUT2D eigenvalue weighted by Crippen LogP contribution is 2.30. The summed E-state index contributed by atoms with van der Waals surface area (Å²) in [5.74, 6) is -0.815. The molecule has 1 N–H and O–H groups in total. The Bertz CT molecular complexity index is 1530. The molecule has 2 amide bonds. The summed E-state index contributed by atoms with van der Waals surface area (Å²) in [5, 5.41) is 3.82. The minimum absolute atomic E-state index is 0.0519. The van der Waals surface area contributed by atoms with Crippen LogP contribution in [0.1, 0.15) is 61.3 Å². The number of halogens is 2. The number of anilines is 1. The quantitative estimate of drug-likeness (QED) is 0.244. The molecule has 0 bridgehead atoms. The van der Waals surface area contributed by atoms with Gasteiger partial charge in [0, 0.05) is 28.2 Å². The largest absolute Gasteiger partial charge is 0.352 e. The number of amides is 2. The maximum Gasteiger partial charge on any atom is 0.264 e. The molecule has 3 aromatic rings. The molecule has 0 aliphatic heterocycles. The number of nitrogens with zero attached hydrogens (tertiary/aromatic N) is 2. The predicted octanol–water partition coefficient (Wildman–Crippen LogP) is 6.98. The molecule has 1 atom stereocenters. The molecular weight excluding hydrogens is 605 g/mol. The van der Waals surface area contributed by atoms with E-state index in [1.165, 1.54) is 17.0 Å². The average molecular weight is 645 g/mol. The lowest BCUT2D eigenvalue weighted by atomic mass is 10.1. The van der Waals surface area contributed by atoms with Gasteiger partial charge in [-0.25, -0.2) is 8.42 Å². The Hall–Kier alpha value is -3.07. The summed E-state index contributed by atoms with van der Waals surface area (Å²) in [7, 11) is -4.16. The maximum absolute atomic E-state index is 14.4. The van der Waals surface area contributed by atoms with Gasteiger partial charge in [-0.1, -0.05) is 72.8 Å². The summed E-state index contributed by atoms with van der Waals surface area (Å²) in [4.78, 5) is 29.5. The van der Waals surface area contributed by atoms with E-state index in [2.05, 4.69) is 5.32 Å². The van der Waals surface area contributed by atoms with Gasteiger partial charge in [-0.05, 0) is 87.6 Å². The first-order valence-corrected chi connectivity index (χ1v) is 16.8. The predicted molar refractivity (Wildman–Crippen MR) is 173 cm³/mol. The van der Waals surface area contributed by atoms with Gasteiger partial charge in [0.05, 0.1) is 10.6 Å². The number of aryl methyl sites for hydroxylation is 3. The first-order chi connectivity index (χ1) is 20.4. The fraction of sp³-hybridized carbons (Fsp3) is 0.394. The molecule has 0 heterocycles. The van der Waals surface area contributed by atoms with E-state index in [4.69, 9.17) is 23.2 Å². The van der Waals surface area contributed by atoms with Crippen LogP contribution in [-0.2, 0) is 26.2 Å². The van der Waals surface area contributed by atoms with Crippen molar-refractivity contribution in [2.45, 2.75) is 83.3 Å². The van der Waals surface area contributed by atoms with Gasteiger partial charge in [-0.3, -0.25) is 13.9 Å². The van der Waals surface area contributed by atoms with Crippen molar-refractivity contribution < 1.29 is 18.0 Å². The van der Waals surface area contributed by atoms with Gasteiger partial charge in [0.2, 0.25) is 11.8 Å². The van der Waals surface area contributed by atoms with Gasteiger partial charge >= 0.3 is 0 Å². The normalized spacial score (nSPS) is 14.4. The van der Waals surface area contributed by atoms with Crippen molar-refractivity contribution in [3.63, 3.8) is 0 Å². The van der Waals surface area contributed by atoms with Crippen LogP contribution in [0.4, 0.5) is 5.69 Å². The van der Waals surface area contributed by atoms with Crippen LogP contribution >= 0.6 is 23.2 Å². The lowest BCUT2D eigenvalue weighted by Crippen LogP contribution is -2.53. The zero-order chi connectivity index (χ0) is 31.3. The van der Waals surface area contributed by atoms with Gasteiger partial charge in [-0.15, -0.1) is 0 Å². The van der Waals surface area contributed by atoms with Gasteiger partial charge in [0.15, 0.2) is 0 Å². The standard InChI is InChI=1S/C33H39Cl2N3O4S/c1-5-31(33(40)36-25-9-6-7-10-25)37(20-28-29(34)11-8-12-30(28)35)32(39)21-38(26-18-23(3)17-24(4)19-26)43(41,42)27-15-13-22(2)14-16-27/h8,11-19,25,31H,5-7,9-10,20-21H2,1-4H3,(H,36,40). The maximum atomic E-state index is 14.4. The second-order valence-electron chi connectivity index (χ2n) is 11.3. The van der Waals surface area contributed by atoms with Crippen LogP contribution in [0.2, 0.25) is 10.0 Å². The summed E-state index contributed by atoms with van der Waals surface area (Å²) in [6.07, 6.45) is 4.19. The number of hydrogen-bond acceptors (Lipinski definition) is 4. The first kappa shape index (κ1) is 32.8. The summed E-state index contributed by atoms with van der Waals surface area (Å²) in [5.41, 5.74) is 3.48. The monoisotopic (exact) mass is 643 g/mol. The Morgan fingerprint density at radius 1 is 0.907 bits per heavy atom. The second-order valence-corrected chi connectivity index (χ2v) is 14.0. The SMILES string of the molecule is CCC(C(=O)NC1CCCC1)N(Cc1c(Cl)cccc1Cl)C(=O)CN(c1cc(C)cc(C)c1)S(=O)(=O)c1ccc(C)cc1. The zero-order valence-electron chi connectivity index (χ0n) is 25.1. The van der Waals surface area contributed by atoms with Crippen molar-refractivity contribution in [2.75, 3.05) is 10.8 Å². The fourth-order valence-corrected chi connectivity index (χ4v) is 7.52. The molecule has 7 nitrogen and oxygen atoms in total. The lowest BCUT2D eigenvalue weighted by Gasteiger charge is -2.34. The van der Waals surface area contributed by atoms with E-state index in [1.54, 1.807) is 42.5 Å². The molecule has 0 spiro atoms. The number of rotatable bonds is 11. The molecule has 230 valence electrons. The summed E-state index contributed by atoms with van der Waals surface area (Å²) < 4.78 is 29.4. The third kappa shape index (κ3) is 7.91. The Kier molecular flexibility index (Phi) is 10.8. The van der Waals surface area contributed by atoms with E-state index in [0.717, 1.165) is 46.7 Å². The molecule has 1 aliphatic rings. The van der Waals surface area contributed by atoms with Crippen LogP contribution < -0.4 is 9.62 Å². The van der Waals surface area contributed by atoms with Crippen LogP contribution in [0.5, 0.6) is 0 Å². The molecule has 1 aliphatic carbocycles. The Labute approximate surface area is 265 Å². The van der Waals surface area contributed by atoms with Crippen LogP contribution in [0.25, 0.3) is 0 Å². The molecule has 0 aromatic heterocycles. The topological polar surface area (TPSA) is 86.8 Å². The first-order valence-electron chi connectivity index (χ1n) is 14.6. The average Bonchev–Trinajstić information content (AvgIpc) is 3.45. The van der Waals surface area contributed by atoms with Gasteiger partial charge in [0.25, 0.3) is 10.0 Å². The molecule has 3 aromatic carbocycles. The second kappa shape index (κ2) is 14.1. The van der Waals surface area contributed by atoms with E-state index in [-0.39, 0.29) is 23.4 Å². The smallest absolute Gasteiger partial charge is 0.264 e. The van der Waals surface area contributed by atoms with Crippen LogP contribution in [0.3, 0.4) is 0 Å². The lowest BCUT2D eigenvalue weighted by molar-refractivity contribution is -0.140. The number of carbonyl (C=O) groups is 2. The number of carbonyl (C=O) groups excluding carboxylic acids is 2. The molecule has 1 saturated carbocycles. The molecule has 10 heteroatoms. The van der Waals surface area contributed by atoms with Crippen LogP contribution in [-0.4, -0.2) is 43.8 Å². The van der Waals surface area contributed by atoms with Crippen molar-refractivity contribution in [1.82, 2.24) is 10.2 Å². The molecular formula is C33H39Cl2N3O4S. The Morgan fingerprint density at radius 3 is 2.05 bits per heavy atom. The van der Waals surface area contributed by atoms with E-state index in [9.17, 15) is 18.0 Å². The highest BCUT2D eigenvalue weighted by molar-refractivity contribution is 7.92. The summed E-state index contributed by atoms with van der Waals surface area (Å²) >= 11 is 13.0. The summed E-state index contributed by atoms with van der Waals surface area (Å²) in [6.45, 7) is 6.88. The van der Waals surface area contributed by atoms with Crippen molar-refractivity contribution >= 4 is 50.7 Å². The van der Waals surface area contributed by atoms with Crippen molar-refractivity contribution in [3.8, 4) is 0 Å². The molecule has 1 unspecified atom stereocenters. The number of hydrogen-bond donors (Lipinski definition) is 1. The zero-order valence-corrected chi connectivity index (χ0v) is 27.4. The third-order valence-corrected chi connectivity index (χ3v) is 10.4. The third-order valence-electron chi connectivity index (χ3n) is 7.86. The highest BCUT2D eigenvalue weighted by Gasteiger charge is 2.35. The molecule has 1 fully saturated rings. The van der Waals surface area contributed by atoms with Crippen molar-refractivity contribution in [2.24, 2.45) is 0 Å². The minimum atomic E-state index is -4.16. The van der Waals surface area contributed by atoms with Crippen LogP contribution in [0.15, 0.2) is 65.6 Å². The van der Waals surface area contributed by atoms with Gasteiger partial charge in [0.1, 0.15) is 12.6 Å². The number of nitrogens with one attached hydrogen (secondary N) is 1. The molecule has 43 heavy (non-hydrogen) atoms. The van der Waals surface area contributed by atoms with E-state index in [0.29, 0.717) is 27.7 Å². The highest BCUT2D eigenvalue weighted by atomic mass is 35.5. The van der Waals surface area contributed by atoms with Crippen molar-refractivity contribution in [3.05, 3.63) is 93.0 Å². The van der Waals surface area contributed by atoms with E-state index < -0.39 is 28.5 Å². The molecule has 0 saturated heterocycles. The number of benzene rings is 3. The van der Waals surface area contributed by atoms with E-state index in [1.807, 2.05) is 33.8 Å². The summed E-state index contributed by atoms with van der Waals surface area (Å²) in [6, 6.07) is 16.2. The van der Waals surface area contributed by atoms with Gasteiger partial charge in [-0.2, -0.15) is 0 Å². The molecule has 4 rings (SSSR count). The van der Waals surface area contributed by atoms with Crippen LogP contribution in [0, 0.1) is 20.8 Å². The number of sulfonamides is 1.